The summed E-state index contributed by atoms with van der Waals surface area (Å²) in [6, 6.07) is 10.1. The van der Waals surface area contributed by atoms with Crippen LogP contribution in [0.15, 0.2) is 59.5 Å². The number of ether oxygens (including phenoxy) is 4. The zero-order chi connectivity index (χ0) is 24.5. The zero-order valence-corrected chi connectivity index (χ0v) is 19.5. The largest absolute Gasteiger partial charge is 0.488 e. The molecule has 1 aromatic carbocycles. The van der Waals surface area contributed by atoms with Crippen LogP contribution in [-0.4, -0.2) is 39.6 Å². The van der Waals surface area contributed by atoms with Gasteiger partial charge in [-0.2, -0.15) is 0 Å². The molecule has 176 valence electrons. The first kappa shape index (κ1) is 24.6. The molecule has 11 heteroatoms. The molecule has 34 heavy (non-hydrogen) atoms. The first-order valence-electron chi connectivity index (χ1n) is 9.94. The summed E-state index contributed by atoms with van der Waals surface area (Å²) in [7, 11) is 0. The number of halogens is 1. The van der Waals surface area contributed by atoms with Gasteiger partial charge in [0.05, 0.1) is 19.0 Å². The number of aromatic nitrogens is 2. The zero-order valence-electron chi connectivity index (χ0n) is 17.9. The van der Waals surface area contributed by atoms with E-state index < -0.39 is 17.9 Å². The highest BCUT2D eigenvalue weighted by molar-refractivity contribution is 9.10. The summed E-state index contributed by atoms with van der Waals surface area (Å²) in [5.41, 5.74) is 0.779. The van der Waals surface area contributed by atoms with Crippen molar-refractivity contribution in [2.75, 3.05) is 6.61 Å². The average molecular weight is 531 g/mol. The van der Waals surface area contributed by atoms with Crippen LogP contribution in [0.1, 0.15) is 18.9 Å². The number of esters is 2. The standard InChI is InChI=1S/C23H19BrN2O8/c1-14(27)32-20-13-25-8-7-15(20)4-3-9-31-19-11-18(34-23(30)22(28)29)12-26-21(19)33-17-6-2-5-16(24)10-17/h2,5-8,10-13H,3-4,9H2,1H3,(H,28,29). The predicted octanol–water partition coefficient (Wildman–Crippen LogP) is 3.96. The molecule has 10 nitrogen and oxygen atoms in total. The lowest BCUT2D eigenvalue weighted by Crippen LogP contribution is -2.19. The van der Waals surface area contributed by atoms with E-state index in [2.05, 4.69) is 25.9 Å². The molecule has 0 aliphatic rings. The SMILES string of the molecule is CC(=O)Oc1cnccc1CCCOc1cc(OC(=O)C(=O)O)cnc1Oc1cccc(Br)c1. The Bertz CT molecular complexity index is 1200. The molecule has 1 N–H and O–H groups in total. The third-order valence-electron chi connectivity index (χ3n) is 4.16. The number of carbonyl (C=O) groups excluding carboxylic acids is 2. The Hall–Kier alpha value is -3.99. The number of rotatable bonds is 9. The molecule has 2 aromatic heterocycles. The number of nitrogens with zero attached hydrogens (tertiary/aromatic N) is 2. The summed E-state index contributed by atoms with van der Waals surface area (Å²) < 4.78 is 22.3. The van der Waals surface area contributed by atoms with Crippen LogP contribution in [0.4, 0.5) is 0 Å². The van der Waals surface area contributed by atoms with Crippen LogP contribution in [0.25, 0.3) is 0 Å². The molecule has 2 heterocycles. The first-order chi connectivity index (χ1) is 16.3. The maximum absolute atomic E-state index is 11.4. The Kier molecular flexibility index (Phi) is 8.52. The quantitative estimate of drug-likeness (QED) is 0.246. The van der Waals surface area contributed by atoms with Gasteiger partial charge < -0.3 is 24.1 Å². The summed E-state index contributed by atoms with van der Waals surface area (Å²) in [6.07, 6.45) is 5.26. The maximum atomic E-state index is 11.4. The summed E-state index contributed by atoms with van der Waals surface area (Å²) in [6.45, 7) is 1.51. The normalized spacial score (nSPS) is 10.3. The van der Waals surface area contributed by atoms with Crippen LogP contribution in [0.2, 0.25) is 0 Å². The fourth-order valence-electron chi connectivity index (χ4n) is 2.75. The summed E-state index contributed by atoms with van der Waals surface area (Å²) in [5, 5.41) is 8.76. The van der Waals surface area contributed by atoms with Gasteiger partial charge in [0.1, 0.15) is 5.75 Å². The van der Waals surface area contributed by atoms with Gasteiger partial charge in [0, 0.05) is 23.7 Å². The third kappa shape index (κ3) is 7.27. The smallest absolute Gasteiger partial charge is 0.422 e. The van der Waals surface area contributed by atoms with Gasteiger partial charge in [-0.3, -0.25) is 9.78 Å². The van der Waals surface area contributed by atoms with Gasteiger partial charge in [-0.05, 0) is 42.7 Å². The van der Waals surface area contributed by atoms with E-state index in [1.807, 2.05) is 6.07 Å². The van der Waals surface area contributed by atoms with Gasteiger partial charge >= 0.3 is 17.9 Å². The van der Waals surface area contributed by atoms with Crippen LogP contribution in [0.3, 0.4) is 0 Å². The highest BCUT2D eigenvalue weighted by Gasteiger charge is 2.17. The van der Waals surface area contributed by atoms with E-state index in [0.717, 1.165) is 16.2 Å². The molecule has 0 fully saturated rings. The van der Waals surface area contributed by atoms with E-state index in [4.69, 9.17) is 24.1 Å². The predicted molar refractivity (Wildman–Crippen MR) is 121 cm³/mol. The lowest BCUT2D eigenvalue weighted by atomic mass is 10.1. The van der Waals surface area contributed by atoms with Crippen molar-refractivity contribution in [2.45, 2.75) is 19.8 Å². The number of hydrogen-bond donors (Lipinski definition) is 1. The molecule has 3 rings (SSSR count). The lowest BCUT2D eigenvalue weighted by Gasteiger charge is -2.13. The fourth-order valence-corrected chi connectivity index (χ4v) is 3.13. The van der Waals surface area contributed by atoms with Gasteiger partial charge in [-0.25, -0.2) is 14.6 Å². The van der Waals surface area contributed by atoms with Crippen molar-refractivity contribution in [3.05, 3.63) is 65.0 Å². The van der Waals surface area contributed by atoms with Gasteiger partial charge in [0.15, 0.2) is 17.2 Å². The van der Waals surface area contributed by atoms with Crippen molar-refractivity contribution in [1.82, 2.24) is 9.97 Å². The molecule has 0 aliphatic carbocycles. The number of benzene rings is 1. The van der Waals surface area contributed by atoms with Crippen molar-refractivity contribution < 1.29 is 38.4 Å². The number of hydrogen-bond acceptors (Lipinski definition) is 9. The number of aliphatic carboxylic acids is 1. The molecule has 3 aromatic rings. The Morgan fingerprint density at radius 1 is 1.03 bits per heavy atom. The number of carbonyl (C=O) groups is 3. The molecule has 0 aliphatic heterocycles. The topological polar surface area (TPSA) is 134 Å². The average Bonchev–Trinajstić information content (AvgIpc) is 2.79. The molecule has 0 unspecified atom stereocenters. The van der Waals surface area contributed by atoms with Gasteiger partial charge in [0.2, 0.25) is 0 Å². The van der Waals surface area contributed by atoms with E-state index in [1.165, 1.54) is 19.2 Å². The number of pyridine rings is 2. The van der Waals surface area contributed by atoms with Crippen molar-refractivity contribution in [3.8, 4) is 28.9 Å². The van der Waals surface area contributed by atoms with Gasteiger partial charge in [-0.15, -0.1) is 0 Å². The molecule has 0 spiro atoms. The minimum atomic E-state index is -1.74. The lowest BCUT2D eigenvalue weighted by molar-refractivity contribution is -0.158. The number of carboxylic acid groups (broad SMARTS) is 1. The summed E-state index contributed by atoms with van der Waals surface area (Å²) >= 11 is 3.36. The van der Waals surface area contributed by atoms with Crippen molar-refractivity contribution in [2.24, 2.45) is 0 Å². The molecule has 0 bridgehead atoms. The highest BCUT2D eigenvalue weighted by Crippen LogP contribution is 2.33. The Morgan fingerprint density at radius 3 is 2.59 bits per heavy atom. The second-order valence-electron chi connectivity index (χ2n) is 6.76. The molecule has 0 amide bonds. The van der Waals surface area contributed by atoms with Crippen LogP contribution < -0.4 is 18.9 Å². The Balaban J connectivity index is 1.72. The summed E-state index contributed by atoms with van der Waals surface area (Å²) in [4.78, 5) is 41.5. The Labute approximate surface area is 202 Å². The van der Waals surface area contributed by atoms with Crippen LogP contribution in [0, 0.1) is 0 Å². The Morgan fingerprint density at radius 2 is 1.85 bits per heavy atom. The van der Waals surface area contributed by atoms with Crippen molar-refractivity contribution in [1.29, 1.82) is 0 Å². The minimum Gasteiger partial charge on any atom is -0.488 e. The second kappa shape index (κ2) is 11.8. The monoisotopic (exact) mass is 530 g/mol. The third-order valence-corrected chi connectivity index (χ3v) is 4.65. The van der Waals surface area contributed by atoms with Crippen molar-refractivity contribution >= 4 is 33.8 Å². The number of aryl methyl sites for hydroxylation is 1. The highest BCUT2D eigenvalue weighted by atomic mass is 79.9. The first-order valence-corrected chi connectivity index (χ1v) is 10.7. The molecule has 0 saturated heterocycles. The summed E-state index contributed by atoms with van der Waals surface area (Å²) in [5.74, 6) is -2.66. The van der Waals surface area contributed by atoms with Crippen LogP contribution >= 0.6 is 15.9 Å². The second-order valence-corrected chi connectivity index (χ2v) is 7.67. The van der Waals surface area contributed by atoms with Crippen molar-refractivity contribution in [3.63, 3.8) is 0 Å². The minimum absolute atomic E-state index is 0.0951. The fraction of sp³-hybridized carbons (Fsp3) is 0.174. The van der Waals surface area contributed by atoms with E-state index in [-0.39, 0.29) is 24.0 Å². The molecular weight excluding hydrogens is 512 g/mol. The molecular formula is C23H19BrN2O8. The molecule has 0 radical (unpaired) electrons. The van der Waals surface area contributed by atoms with Crippen LogP contribution in [-0.2, 0) is 20.8 Å². The van der Waals surface area contributed by atoms with E-state index >= 15 is 0 Å². The van der Waals surface area contributed by atoms with E-state index in [1.54, 1.807) is 30.5 Å². The molecule has 0 saturated carbocycles. The van der Waals surface area contributed by atoms with Crippen LogP contribution in [0.5, 0.6) is 28.9 Å². The van der Waals surface area contributed by atoms with Gasteiger partial charge in [0.25, 0.3) is 5.88 Å². The van der Waals surface area contributed by atoms with E-state index in [9.17, 15) is 14.4 Å². The number of carboxylic acids is 1. The van der Waals surface area contributed by atoms with Gasteiger partial charge in [-0.1, -0.05) is 22.0 Å². The molecule has 0 atom stereocenters. The van der Waals surface area contributed by atoms with E-state index in [0.29, 0.717) is 24.3 Å². The maximum Gasteiger partial charge on any atom is 0.422 e.